The van der Waals surface area contributed by atoms with Crippen molar-refractivity contribution in [3.63, 3.8) is 0 Å². The van der Waals surface area contributed by atoms with E-state index >= 15 is 0 Å². The summed E-state index contributed by atoms with van der Waals surface area (Å²) in [6, 6.07) is 0. The van der Waals surface area contributed by atoms with Crippen molar-refractivity contribution in [1.82, 2.24) is 0 Å². The van der Waals surface area contributed by atoms with Crippen LogP contribution in [0.25, 0.3) is 0 Å². The van der Waals surface area contributed by atoms with Crippen LogP contribution in [0.3, 0.4) is 0 Å². The van der Waals surface area contributed by atoms with Gasteiger partial charge < -0.3 is 18.6 Å². The Bertz CT molecular complexity index is 97.5. The summed E-state index contributed by atoms with van der Waals surface area (Å²) in [7, 11) is 0. The first-order chi connectivity index (χ1) is 3.48. The van der Waals surface area contributed by atoms with E-state index in [9.17, 15) is 4.79 Å². The van der Waals surface area contributed by atoms with Gasteiger partial charge >= 0.3 is 21.1 Å². The van der Waals surface area contributed by atoms with Crippen molar-refractivity contribution in [1.29, 1.82) is 0 Å². The van der Waals surface area contributed by atoms with Gasteiger partial charge in [-0.3, -0.25) is 0 Å². The number of hydrogen-bond donors (Lipinski definition) is 0. The molecule has 0 N–H and O–H groups in total. The van der Waals surface area contributed by atoms with Crippen LogP contribution < -0.4 is 0 Å². The van der Waals surface area contributed by atoms with E-state index in [0.29, 0.717) is 0 Å². The molecule has 0 fully saturated rings. The minimum absolute atomic E-state index is 0. The SMILES string of the molecule is C.C[CH-]C(=O)C(C)(C)C.[CH3-].[W+2].[W].[W]. The Labute approximate surface area is 127 Å². The molecule has 0 amide bonds. The van der Waals surface area contributed by atoms with Crippen LogP contribution in [-0.2, 0) is 68.0 Å². The maximum atomic E-state index is 10.8. The van der Waals surface area contributed by atoms with E-state index in [0.717, 1.165) is 0 Å². The Balaban J connectivity index is -0.0000000245. The van der Waals surface area contributed by atoms with E-state index < -0.39 is 0 Å². The fraction of sp³-hybridized carbons (Fsp3) is 0.667. The van der Waals surface area contributed by atoms with Crippen molar-refractivity contribution >= 4 is 5.78 Å². The maximum absolute atomic E-state index is 10.8. The van der Waals surface area contributed by atoms with Crippen LogP contribution in [0.2, 0.25) is 0 Å². The Morgan fingerprint density at radius 1 is 1.15 bits per heavy atom. The van der Waals surface area contributed by atoms with Gasteiger partial charge in [0.1, 0.15) is 0 Å². The molecule has 80 valence electrons. The second-order valence-corrected chi connectivity index (χ2v) is 2.90. The Morgan fingerprint density at radius 2 is 1.38 bits per heavy atom. The Kier molecular flexibility index (Phi) is 45.1. The second kappa shape index (κ2) is 16.1. The monoisotopic (exact) mass is 696 g/mol. The molecule has 0 aromatic heterocycles. The van der Waals surface area contributed by atoms with Gasteiger partial charge in [0.15, 0.2) is 0 Å². The molecule has 0 radical (unpaired) electrons. The van der Waals surface area contributed by atoms with Crippen LogP contribution in [0, 0.1) is 19.3 Å². The number of Topliss-reactive ketones (excluding diaryl/α,β-unsaturated/α-hetero) is 1. The van der Waals surface area contributed by atoms with Gasteiger partial charge in [0.2, 0.25) is 0 Å². The minimum Gasteiger partial charge on any atom is -0.358 e. The molecular weight excluding hydrogens is 676 g/mol. The quantitative estimate of drug-likeness (QED) is 0.386. The van der Waals surface area contributed by atoms with Crippen molar-refractivity contribution in [2.24, 2.45) is 5.41 Å². The summed E-state index contributed by atoms with van der Waals surface area (Å²) >= 11 is 0. The smallest absolute Gasteiger partial charge is 0.358 e. The van der Waals surface area contributed by atoms with Crippen molar-refractivity contribution in [2.75, 3.05) is 0 Å². The first-order valence-corrected chi connectivity index (χ1v) is 2.82. The fourth-order valence-electron chi connectivity index (χ4n) is 0.433. The third-order valence-electron chi connectivity index (χ3n) is 1.00. The zero-order valence-electron chi connectivity index (χ0n) is 8.21. The molecule has 0 aliphatic carbocycles. The van der Waals surface area contributed by atoms with E-state index in [-0.39, 0.29) is 89.2 Å². The molecule has 1 nitrogen and oxygen atoms in total. The summed E-state index contributed by atoms with van der Waals surface area (Å²) < 4.78 is 0. The molecule has 0 saturated heterocycles. The predicted octanol–water partition coefficient (Wildman–Crippen LogP) is 2.90. The summed E-state index contributed by atoms with van der Waals surface area (Å²) in [6.07, 6.45) is 1.61. The molecule has 0 aromatic rings. The summed E-state index contributed by atoms with van der Waals surface area (Å²) in [5, 5.41) is 0. The largest absolute Gasteiger partial charge is 2.00 e. The fourth-order valence-corrected chi connectivity index (χ4v) is 0.433. The number of ketones is 1. The van der Waals surface area contributed by atoms with Gasteiger partial charge in [-0.05, 0) is 5.41 Å². The molecule has 13 heavy (non-hydrogen) atoms. The molecule has 0 heterocycles. The molecule has 0 aromatic carbocycles. The molecule has 0 aliphatic heterocycles. The van der Waals surface area contributed by atoms with E-state index in [2.05, 4.69) is 0 Å². The molecule has 0 saturated carbocycles. The van der Waals surface area contributed by atoms with Crippen LogP contribution in [-0.4, -0.2) is 5.78 Å². The third-order valence-corrected chi connectivity index (χ3v) is 1.00. The molecule has 0 bridgehead atoms. The second-order valence-electron chi connectivity index (χ2n) is 2.90. The molecule has 0 rings (SSSR count). The van der Waals surface area contributed by atoms with Gasteiger partial charge in [-0.2, -0.15) is 6.92 Å². The van der Waals surface area contributed by atoms with Crippen LogP contribution in [0.1, 0.15) is 35.1 Å². The van der Waals surface area contributed by atoms with E-state index in [4.69, 9.17) is 0 Å². The molecule has 0 unspecified atom stereocenters. The van der Waals surface area contributed by atoms with Gasteiger partial charge in [0.05, 0.1) is 0 Å². The van der Waals surface area contributed by atoms with Gasteiger partial charge in [-0.25, -0.2) is 0 Å². The number of carbonyl (C=O) groups excluding carboxylic acids is 1. The third kappa shape index (κ3) is 19.9. The first kappa shape index (κ1) is 36.5. The average Bonchev–Trinajstić information content (AvgIpc) is 1.62. The summed E-state index contributed by atoms with van der Waals surface area (Å²) in [5.41, 5.74) is -0.186. The molecule has 0 aliphatic rings. The molecular formula is C9H20OW3. The van der Waals surface area contributed by atoms with Crippen LogP contribution in [0.4, 0.5) is 0 Å². The van der Waals surface area contributed by atoms with Gasteiger partial charge in [0.25, 0.3) is 0 Å². The normalized spacial score (nSPS) is 6.77. The van der Waals surface area contributed by atoms with E-state index in [1.807, 2.05) is 20.8 Å². The maximum Gasteiger partial charge on any atom is 2.00 e. The summed E-state index contributed by atoms with van der Waals surface area (Å²) in [5.74, 6) is 0.206. The number of rotatable bonds is 1. The number of hydrogen-bond acceptors (Lipinski definition) is 1. The van der Waals surface area contributed by atoms with Crippen LogP contribution >= 0.6 is 0 Å². The van der Waals surface area contributed by atoms with Crippen molar-refractivity contribution in [2.45, 2.75) is 35.1 Å². The predicted molar refractivity (Wildman–Crippen MR) is 47.6 cm³/mol. The Morgan fingerprint density at radius 3 is 1.38 bits per heavy atom. The van der Waals surface area contributed by atoms with Crippen molar-refractivity contribution in [3.05, 3.63) is 13.8 Å². The Hall–Kier alpha value is 1.60. The van der Waals surface area contributed by atoms with Crippen molar-refractivity contribution in [3.8, 4) is 0 Å². The summed E-state index contributed by atoms with van der Waals surface area (Å²) in [4.78, 5) is 10.8. The van der Waals surface area contributed by atoms with E-state index in [1.165, 1.54) is 0 Å². The zero-order valence-corrected chi connectivity index (χ0v) is 17.0. The van der Waals surface area contributed by atoms with Gasteiger partial charge in [0, 0.05) is 47.9 Å². The summed E-state index contributed by atoms with van der Waals surface area (Å²) in [6.45, 7) is 7.51. The molecule has 0 spiro atoms. The van der Waals surface area contributed by atoms with Gasteiger partial charge in [-0.15, -0.1) is 0 Å². The molecule has 0 atom stereocenters. The zero-order chi connectivity index (χ0) is 6.78. The standard InChI is InChI=1S/C7H13O.CH4.CH3.3W/c1-5-6(8)7(2,3)4;;;;;/h5H,1-4H3;1H4;1H3;;;/q-1;;-1;;;+2. The van der Waals surface area contributed by atoms with E-state index in [1.54, 1.807) is 13.3 Å². The topological polar surface area (TPSA) is 17.1 Å². The number of carbonyl (C=O) groups is 1. The average molecular weight is 696 g/mol. The van der Waals surface area contributed by atoms with Crippen molar-refractivity contribution < 1.29 is 68.0 Å². The minimum atomic E-state index is -0.186. The first-order valence-electron chi connectivity index (χ1n) is 2.82. The molecule has 4 heteroatoms. The van der Waals surface area contributed by atoms with Crippen LogP contribution in [0.15, 0.2) is 0 Å². The van der Waals surface area contributed by atoms with Crippen LogP contribution in [0.5, 0.6) is 0 Å². The van der Waals surface area contributed by atoms with Gasteiger partial charge in [-0.1, -0.05) is 28.2 Å².